The van der Waals surface area contributed by atoms with E-state index in [9.17, 15) is 4.79 Å². The molecule has 0 bridgehead atoms. The van der Waals surface area contributed by atoms with Gasteiger partial charge < -0.3 is 10.2 Å². The quantitative estimate of drug-likeness (QED) is 0.887. The second-order valence-corrected chi connectivity index (χ2v) is 4.80. The van der Waals surface area contributed by atoms with Gasteiger partial charge in [-0.2, -0.15) is 0 Å². The maximum absolute atomic E-state index is 11.9. The van der Waals surface area contributed by atoms with Gasteiger partial charge >= 0.3 is 0 Å². The van der Waals surface area contributed by atoms with Gasteiger partial charge in [0.1, 0.15) is 0 Å². The van der Waals surface area contributed by atoms with Crippen molar-refractivity contribution in [3.05, 3.63) is 24.0 Å². The maximum Gasteiger partial charge on any atom is 0.224 e. The van der Waals surface area contributed by atoms with E-state index in [4.69, 9.17) is 0 Å². The lowest BCUT2D eigenvalue weighted by Gasteiger charge is -2.26. The first-order valence-corrected chi connectivity index (χ1v) is 6.70. The minimum Gasteiger partial charge on any atom is -0.384 e. The summed E-state index contributed by atoms with van der Waals surface area (Å²) in [5.74, 6) is 0.271. The van der Waals surface area contributed by atoms with E-state index in [0.29, 0.717) is 13.0 Å². The van der Waals surface area contributed by atoms with Crippen LogP contribution in [0, 0.1) is 6.92 Å². The molecule has 1 amide bonds. The molecule has 1 aromatic rings. The summed E-state index contributed by atoms with van der Waals surface area (Å²) in [6, 6.07) is 3.92. The van der Waals surface area contributed by atoms with Gasteiger partial charge in [-0.3, -0.25) is 9.78 Å². The van der Waals surface area contributed by atoms with Crippen LogP contribution in [0.5, 0.6) is 0 Å². The third kappa shape index (κ3) is 3.72. The first kappa shape index (κ1) is 12.9. The van der Waals surface area contributed by atoms with Crippen LogP contribution < -0.4 is 5.32 Å². The molecular formula is C14H21N3O. The van der Waals surface area contributed by atoms with Crippen LogP contribution in [-0.4, -0.2) is 35.4 Å². The molecule has 1 aromatic heterocycles. The Hall–Kier alpha value is -1.58. The zero-order valence-electron chi connectivity index (χ0n) is 11.0. The van der Waals surface area contributed by atoms with Crippen molar-refractivity contribution >= 4 is 11.6 Å². The minimum absolute atomic E-state index is 0.271. The Kier molecular flexibility index (Phi) is 4.56. The molecule has 1 N–H and O–H groups in total. The van der Waals surface area contributed by atoms with Crippen molar-refractivity contribution in [1.29, 1.82) is 0 Å². The summed E-state index contributed by atoms with van der Waals surface area (Å²) in [5.41, 5.74) is 2.02. The summed E-state index contributed by atoms with van der Waals surface area (Å²) in [4.78, 5) is 18.1. The molecule has 0 radical (unpaired) electrons. The predicted molar refractivity (Wildman–Crippen MR) is 72.5 cm³/mol. The van der Waals surface area contributed by atoms with Crippen molar-refractivity contribution in [1.82, 2.24) is 9.88 Å². The van der Waals surface area contributed by atoms with Crippen LogP contribution in [0.2, 0.25) is 0 Å². The SMILES string of the molecule is Cc1cc(NCCC(=O)N2CCCCC2)ccn1. The third-order valence-electron chi connectivity index (χ3n) is 3.27. The predicted octanol–water partition coefficient (Wildman–Crippen LogP) is 2.20. The Labute approximate surface area is 108 Å². The van der Waals surface area contributed by atoms with E-state index in [-0.39, 0.29) is 5.91 Å². The Morgan fingerprint density at radius 1 is 1.39 bits per heavy atom. The Balaban J connectivity index is 1.73. The summed E-state index contributed by atoms with van der Waals surface area (Å²) >= 11 is 0. The van der Waals surface area contributed by atoms with Crippen molar-refractivity contribution in [2.24, 2.45) is 0 Å². The lowest BCUT2D eigenvalue weighted by molar-refractivity contribution is -0.131. The Bertz CT molecular complexity index is 400. The van der Waals surface area contributed by atoms with E-state index in [2.05, 4.69) is 10.3 Å². The van der Waals surface area contributed by atoms with Crippen LogP contribution in [0.1, 0.15) is 31.4 Å². The molecule has 1 fully saturated rings. The molecule has 2 rings (SSSR count). The van der Waals surface area contributed by atoms with Crippen LogP contribution in [0.25, 0.3) is 0 Å². The van der Waals surface area contributed by atoms with Crippen LogP contribution in [0.3, 0.4) is 0 Å². The van der Waals surface area contributed by atoms with Crippen molar-refractivity contribution < 1.29 is 4.79 Å². The number of hydrogen-bond acceptors (Lipinski definition) is 3. The van der Waals surface area contributed by atoms with E-state index in [1.54, 1.807) is 6.20 Å². The zero-order chi connectivity index (χ0) is 12.8. The average Bonchev–Trinajstić information content (AvgIpc) is 2.40. The number of nitrogens with one attached hydrogen (secondary N) is 1. The summed E-state index contributed by atoms with van der Waals surface area (Å²) in [5, 5.41) is 3.27. The second-order valence-electron chi connectivity index (χ2n) is 4.80. The first-order valence-electron chi connectivity index (χ1n) is 6.70. The molecule has 1 aliphatic heterocycles. The number of amides is 1. The number of piperidine rings is 1. The van der Waals surface area contributed by atoms with Crippen molar-refractivity contribution in [3.8, 4) is 0 Å². The maximum atomic E-state index is 11.9. The van der Waals surface area contributed by atoms with E-state index in [0.717, 1.165) is 37.3 Å². The van der Waals surface area contributed by atoms with Gasteiger partial charge in [-0.1, -0.05) is 0 Å². The fraction of sp³-hybridized carbons (Fsp3) is 0.571. The molecule has 0 aromatic carbocycles. The molecule has 1 aliphatic rings. The van der Waals surface area contributed by atoms with Gasteiger partial charge in [0.15, 0.2) is 0 Å². The number of anilines is 1. The van der Waals surface area contributed by atoms with Crippen LogP contribution >= 0.6 is 0 Å². The number of aromatic nitrogens is 1. The normalized spacial score (nSPS) is 15.5. The molecule has 4 heteroatoms. The van der Waals surface area contributed by atoms with E-state index >= 15 is 0 Å². The Morgan fingerprint density at radius 2 is 2.17 bits per heavy atom. The number of hydrogen-bond donors (Lipinski definition) is 1. The average molecular weight is 247 g/mol. The molecule has 0 unspecified atom stereocenters. The van der Waals surface area contributed by atoms with Gasteiger partial charge in [0.05, 0.1) is 0 Å². The van der Waals surface area contributed by atoms with Gasteiger partial charge in [-0.05, 0) is 38.3 Å². The lowest BCUT2D eigenvalue weighted by Crippen LogP contribution is -2.36. The molecule has 0 aliphatic carbocycles. The van der Waals surface area contributed by atoms with E-state index < -0.39 is 0 Å². The summed E-state index contributed by atoms with van der Waals surface area (Å²) in [7, 11) is 0. The number of pyridine rings is 1. The minimum atomic E-state index is 0.271. The smallest absolute Gasteiger partial charge is 0.224 e. The van der Waals surface area contributed by atoms with Crippen LogP contribution in [-0.2, 0) is 4.79 Å². The van der Waals surface area contributed by atoms with Gasteiger partial charge in [0, 0.05) is 43.6 Å². The first-order chi connectivity index (χ1) is 8.75. The van der Waals surface area contributed by atoms with Gasteiger partial charge in [0.25, 0.3) is 0 Å². The number of likely N-dealkylation sites (tertiary alicyclic amines) is 1. The third-order valence-corrected chi connectivity index (χ3v) is 3.27. The van der Waals surface area contributed by atoms with Crippen molar-refractivity contribution in [3.63, 3.8) is 0 Å². The highest BCUT2D eigenvalue weighted by Gasteiger charge is 2.15. The van der Waals surface area contributed by atoms with E-state index in [1.807, 2.05) is 24.0 Å². The summed E-state index contributed by atoms with van der Waals surface area (Å²) < 4.78 is 0. The Morgan fingerprint density at radius 3 is 2.89 bits per heavy atom. The largest absolute Gasteiger partial charge is 0.384 e. The van der Waals surface area contributed by atoms with Crippen molar-refractivity contribution in [2.45, 2.75) is 32.6 Å². The van der Waals surface area contributed by atoms with Crippen molar-refractivity contribution in [2.75, 3.05) is 25.0 Å². The van der Waals surface area contributed by atoms with Crippen LogP contribution in [0.4, 0.5) is 5.69 Å². The fourth-order valence-corrected chi connectivity index (χ4v) is 2.27. The van der Waals surface area contributed by atoms with Gasteiger partial charge in [-0.25, -0.2) is 0 Å². The summed E-state index contributed by atoms with van der Waals surface area (Å²) in [6.07, 6.45) is 5.93. The second kappa shape index (κ2) is 6.38. The number of nitrogens with zero attached hydrogens (tertiary/aromatic N) is 2. The summed E-state index contributed by atoms with van der Waals surface area (Å²) in [6.45, 7) is 4.53. The topological polar surface area (TPSA) is 45.2 Å². The standard InChI is InChI=1S/C14H21N3O/c1-12-11-13(5-7-15-12)16-8-6-14(18)17-9-3-2-4-10-17/h5,7,11H,2-4,6,8-10H2,1H3,(H,15,16). The molecule has 18 heavy (non-hydrogen) atoms. The molecule has 4 nitrogen and oxygen atoms in total. The highest BCUT2D eigenvalue weighted by Crippen LogP contribution is 2.11. The van der Waals surface area contributed by atoms with E-state index in [1.165, 1.54) is 6.42 Å². The monoisotopic (exact) mass is 247 g/mol. The van der Waals surface area contributed by atoms with Gasteiger partial charge in [-0.15, -0.1) is 0 Å². The van der Waals surface area contributed by atoms with Gasteiger partial charge in [0.2, 0.25) is 5.91 Å². The van der Waals surface area contributed by atoms with Crippen LogP contribution in [0.15, 0.2) is 18.3 Å². The lowest BCUT2D eigenvalue weighted by atomic mass is 10.1. The number of aryl methyl sites for hydroxylation is 1. The molecule has 2 heterocycles. The fourth-order valence-electron chi connectivity index (χ4n) is 2.27. The zero-order valence-corrected chi connectivity index (χ0v) is 11.0. The number of rotatable bonds is 4. The highest BCUT2D eigenvalue weighted by molar-refractivity contribution is 5.76. The molecule has 0 atom stereocenters. The molecular weight excluding hydrogens is 226 g/mol. The highest BCUT2D eigenvalue weighted by atomic mass is 16.2. The number of carbonyl (C=O) groups is 1. The molecule has 98 valence electrons. The molecule has 0 spiro atoms. The molecule has 0 saturated carbocycles. The molecule has 1 saturated heterocycles. The number of carbonyl (C=O) groups excluding carboxylic acids is 1.